The van der Waals surface area contributed by atoms with Crippen LogP contribution in [0.1, 0.15) is 25.8 Å². The highest BCUT2D eigenvalue weighted by Gasteiger charge is 2.69. The number of nitrogens with one attached hydrogen (secondary N) is 1. The molecule has 24 heavy (non-hydrogen) atoms. The van der Waals surface area contributed by atoms with Gasteiger partial charge in [0.05, 0.1) is 11.3 Å². The average Bonchev–Trinajstić information content (AvgIpc) is 3.23. The summed E-state index contributed by atoms with van der Waals surface area (Å²) in [5, 5.41) is 2.98. The number of hydrogen-bond acceptors (Lipinski definition) is 3. The molecule has 1 aliphatic heterocycles. The molecule has 1 aromatic carbocycles. The quantitative estimate of drug-likeness (QED) is 0.863. The van der Waals surface area contributed by atoms with E-state index in [-0.39, 0.29) is 17.7 Å². The summed E-state index contributed by atoms with van der Waals surface area (Å²) in [6, 6.07) is 7.95. The van der Waals surface area contributed by atoms with Gasteiger partial charge in [0.15, 0.2) is 0 Å². The molecule has 1 aliphatic carbocycles. The molecule has 1 saturated carbocycles. The van der Waals surface area contributed by atoms with Gasteiger partial charge in [-0.2, -0.15) is 0 Å². The Labute approximate surface area is 144 Å². The Morgan fingerprint density at radius 1 is 1.38 bits per heavy atom. The minimum atomic E-state index is -0.617. The molecule has 5 heteroatoms. The van der Waals surface area contributed by atoms with Crippen LogP contribution in [0, 0.1) is 11.8 Å². The normalized spacial score (nSPS) is 24.8. The summed E-state index contributed by atoms with van der Waals surface area (Å²) in [5.74, 6) is 0.269. The number of carbonyl (C=O) groups is 2. The molecule has 0 aromatic heterocycles. The minimum absolute atomic E-state index is 0.00593. The van der Waals surface area contributed by atoms with Crippen molar-refractivity contribution in [3.05, 3.63) is 29.8 Å². The molecule has 1 aromatic rings. The molecule has 1 spiro atoms. The van der Waals surface area contributed by atoms with Crippen molar-refractivity contribution in [1.29, 1.82) is 0 Å². The van der Waals surface area contributed by atoms with Gasteiger partial charge in [0.1, 0.15) is 0 Å². The van der Waals surface area contributed by atoms with Gasteiger partial charge in [-0.3, -0.25) is 9.59 Å². The Bertz CT molecular complexity index is 656. The van der Waals surface area contributed by atoms with E-state index in [0.29, 0.717) is 25.4 Å². The summed E-state index contributed by atoms with van der Waals surface area (Å²) in [6.07, 6.45) is 0.630. The Balaban J connectivity index is 1.79. The number of nitrogens with zero attached hydrogens (tertiary/aromatic N) is 2. The van der Waals surface area contributed by atoms with Gasteiger partial charge in [0.2, 0.25) is 11.8 Å². The zero-order valence-corrected chi connectivity index (χ0v) is 15.0. The zero-order valence-electron chi connectivity index (χ0n) is 15.0. The highest BCUT2D eigenvalue weighted by atomic mass is 16.2. The molecule has 130 valence electrons. The Hall–Kier alpha value is -1.88. The Morgan fingerprint density at radius 3 is 2.75 bits per heavy atom. The van der Waals surface area contributed by atoms with Gasteiger partial charge < -0.3 is 15.1 Å². The smallest absolute Gasteiger partial charge is 0.238 e. The van der Waals surface area contributed by atoms with Crippen LogP contribution >= 0.6 is 0 Å². The summed E-state index contributed by atoms with van der Waals surface area (Å²) in [7, 11) is 3.95. The first-order valence-corrected chi connectivity index (χ1v) is 8.72. The number of fused-ring (bicyclic) bond motifs is 2. The van der Waals surface area contributed by atoms with Crippen LogP contribution < -0.4 is 10.2 Å². The fourth-order valence-corrected chi connectivity index (χ4v) is 3.74. The molecule has 5 nitrogen and oxygen atoms in total. The minimum Gasteiger partial charge on any atom is -0.355 e. The lowest BCUT2D eigenvalue weighted by molar-refractivity contribution is -0.126. The maximum absolute atomic E-state index is 13.1. The molecule has 3 rings (SSSR count). The Morgan fingerprint density at radius 2 is 2.08 bits per heavy atom. The fraction of sp³-hybridized carbons (Fsp3) is 0.579. The number of likely N-dealkylation sites (N-methyl/N-ethyl adjacent to an activating group) is 1. The van der Waals surface area contributed by atoms with E-state index < -0.39 is 5.41 Å². The summed E-state index contributed by atoms with van der Waals surface area (Å²) in [4.78, 5) is 29.6. The summed E-state index contributed by atoms with van der Waals surface area (Å²) in [5.41, 5.74) is 1.40. The number of hydrogen-bond donors (Lipinski definition) is 1. The van der Waals surface area contributed by atoms with E-state index in [9.17, 15) is 9.59 Å². The van der Waals surface area contributed by atoms with Gasteiger partial charge in [0.25, 0.3) is 0 Å². The van der Waals surface area contributed by atoms with E-state index in [1.165, 1.54) is 0 Å². The second kappa shape index (κ2) is 6.20. The van der Waals surface area contributed by atoms with Crippen molar-refractivity contribution in [2.75, 3.05) is 38.6 Å². The first-order valence-electron chi connectivity index (χ1n) is 8.72. The number of anilines is 1. The highest BCUT2D eigenvalue weighted by Crippen LogP contribution is 2.61. The van der Waals surface area contributed by atoms with Crippen LogP contribution in [0.5, 0.6) is 0 Å². The third-order valence-corrected chi connectivity index (χ3v) is 4.99. The largest absolute Gasteiger partial charge is 0.355 e. The molecule has 0 radical (unpaired) electrons. The SMILES string of the molecule is CC(C)CN1C(=O)[C@]2(C[C@@H]2C(=O)NCCN(C)C)c2ccccc21. The van der Waals surface area contributed by atoms with Crippen LogP contribution in [0.4, 0.5) is 5.69 Å². The number of amides is 2. The van der Waals surface area contributed by atoms with Crippen LogP contribution in [0.2, 0.25) is 0 Å². The number of carbonyl (C=O) groups excluding carboxylic acids is 2. The van der Waals surface area contributed by atoms with E-state index in [1.54, 1.807) is 0 Å². The molecule has 1 fully saturated rings. The van der Waals surface area contributed by atoms with Gasteiger partial charge >= 0.3 is 0 Å². The van der Waals surface area contributed by atoms with Crippen molar-refractivity contribution < 1.29 is 9.59 Å². The van der Waals surface area contributed by atoms with Gasteiger partial charge in [0, 0.05) is 25.3 Å². The van der Waals surface area contributed by atoms with Crippen LogP contribution in [-0.2, 0) is 15.0 Å². The molecular weight excluding hydrogens is 302 g/mol. The molecule has 0 unspecified atom stereocenters. The predicted octanol–water partition coefficient (Wildman–Crippen LogP) is 1.62. The average molecular weight is 329 g/mol. The van der Waals surface area contributed by atoms with Crippen LogP contribution in [0.15, 0.2) is 24.3 Å². The first-order chi connectivity index (χ1) is 11.4. The standard InChI is InChI=1S/C19H27N3O2/c1-13(2)12-22-16-8-6-5-7-14(16)19(18(22)24)11-15(19)17(23)20-9-10-21(3)4/h5-8,13,15H,9-12H2,1-4H3,(H,20,23)/t15-,19-/m1/s1. The summed E-state index contributed by atoms with van der Waals surface area (Å²) < 4.78 is 0. The van der Waals surface area contributed by atoms with Crippen molar-refractivity contribution in [3.63, 3.8) is 0 Å². The monoisotopic (exact) mass is 329 g/mol. The number of para-hydroxylation sites is 1. The molecule has 0 saturated heterocycles. The molecule has 0 bridgehead atoms. The van der Waals surface area contributed by atoms with Crippen molar-refractivity contribution in [3.8, 4) is 0 Å². The van der Waals surface area contributed by atoms with E-state index in [0.717, 1.165) is 17.8 Å². The third-order valence-electron chi connectivity index (χ3n) is 4.99. The predicted molar refractivity (Wildman–Crippen MR) is 95.0 cm³/mol. The maximum Gasteiger partial charge on any atom is 0.238 e. The van der Waals surface area contributed by atoms with E-state index in [4.69, 9.17) is 0 Å². The van der Waals surface area contributed by atoms with Crippen LogP contribution in [0.3, 0.4) is 0 Å². The van der Waals surface area contributed by atoms with Crippen molar-refractivity contribution >= 4 is 17.5 Å². The molecule has 2 aliphatic rings. The van der Waals surface area contributed by atoms with Crippen molar-refractivity contribution in [1.82, 2.24) is 10.2 Å². The van der Waals surface area contributed by atoms with Gasteiger partial charge in [-0.05, 0) is 38.1 Å². The van der Waals surface area contributed by atoms with E-state index >= 15 is 0 Å². The summed E-state index contributed by atoms with van der Waals surface area (Å²) in [6.45, 7) is 6.34. The van der Waals surface area contributed by atoms with Crippen molar-refractivity contribution in [2.45, 2.75) is 25.7 Å². The molecule has 1 N–H and O–H groups in total. The Kier molecular flexibility index (Phi) is 4.38. The topological polar surface area (TPSA) is 52.7 Å². The van der Waals surface area contributed by atoms with E-state index in [2.05, 4.69) is 19.2 Å². The molecule has 2 amide bonds. The number of benzene rings is 1. The van der Waals surface area contributed by atoms with Crippen LogP contribution in [-0.4, -0.2) is 50.4 Å². The van der Waals surface area contributed by atoms with Crippen LogP contribution in [0.25, 0.3) is 0 Å². The second-order valence-electron chi connectivity index (χ2n) is 7.65. The van der Waals surface area contributed by atoms with Gasteiger partial charge in [-0.25, -0.2) is 0 Å². The maximum atomic E-state index is 13.1. The fourth-order valence-electron chi connectivity index (χ4n) is 3.74. The molecule has 2 atom stereocenters. The van der Waals surface area contributed by atoms with Gasteiger partial charge in [-0.1, -0.05) is 32.0 Å². The third kappa shape index (κ3) is 2.71. The molecular formula is C19H27N3O2. The summed E-state index contributed by atoms with van der Waals surface area (Å²) >= 11 is 0. The molecule has 1 heterocycles. The van der Waals surface area contributed by atoms with Gasteiger partial charge in [-0.15, -0.1) is 0 Å². The van der Waals surface area contributed by atoms with Crippen molar-refractivity contribution in [2.24, 2.45) is 11.8 Å². The zero-order chi connectivity index (χ0) is 17.5. The van der Waals surface area contributed by atoms with E-state index in [1.807, 2.05) is 48.2 Å². The lowest BCUT2D eigenvalue weighted by Gasteiger charge is -2.20. The number of rotatable bonds is 6. The lowest BCUT2D eigenvalue weighted by Crippen LogP contribution is -2.39. The highest BCUT2D eigenvalue weighted by molar-refractivity contribution is 6.14. The lowest BCUT2D eigenvalue weighted by atomic mass is 9.94. The first kappa shape index (κ1) is 17.0. The second-order valence-corrected chi connectivity index (χ2v) is 7.65.